The number of aryl methyl sites for hydroxylation is 1. The summed E-state index contributed by atoms with van der Waals surface area (Å²) >= 11 is 5.99. The molecule has 7 heteroatoms. The Hall–Kier alpha value is -3.12. The Bertz CT molecular complexity index is 1290. The normalized spacial score (nSPS) is 11.3. The molecule has 0 spiro atoms. The first-order valence-corrected chi connectivity index (χ1v) is 8.45. The summed E-state index contributed by atoms with van der Waals surface area (Å²) in [6, 6.07) is 12.0. The van der Waals surface area contributed by atoms with Gasteiger partial charge < -0.3 is 10.1 Å². The molecule has 2 aromatic heterocycles. The number of rotatable bonds is 2. The number of aromatic hydroxyl groups is 1. The summed E-state index contributed by atoms with van der Waals surface area (Å²) in [5, 5.41) is 15.0. The van der Waals surface area contributed by atoms with Crippen molar-refractivity contribution in [1.29, 1.82) is 0 Å². The predicted octanol–water partition coefficient (Wildman–Crippen LogP) is 3.15. The number of hydrogen-bond acceptors (Lipinski definition) is 4. The Morgan fingerprint density at radius 2 is 1.96 bits per heavy atom. The average molecular weight is 368 g/mol. The van der Waals surface area contributed by atoms with Crippen LogP contribution in [0.15, 0.2) is 52.1 Å². The molecule has 0 fully saturated rings. The van der Waals surface area contributed by atoms with Crippen molar-refractivity contribution >= 4 is 33.4 Å². The number of para-hydroxylation sites is 1. The van der Waals surface area contributed by atoms with Gasteiger partial charge in [0, 0.05) is 10.4 Å². The van der Waals surface area contributed by atoms with E-state index in [1.165, 1.54) is 0 Å². The van der Waals surface area contributed by atoms with E-state index in [4.69, 9.17) is 11.6 Å². The van der Waals surface area contributed by atoms with Gasteiger partial charge in [-0.15, -0.1) is 5.10 Å². The molecule has 0 saturated heterocycles. The third-order valence-corrected chi connectivity index (χ3v) is 4.62. The summed E-state index contributed by atoms with van der Waals surface area (Å²) in [5.41, 5.74) is 0.883. The molecule has 0 saturated carbocycles. The molecule has 0 aliphatic heterocycles. The molecule has 0 radical (unpaired) electrons. The number of fused-ring (bicyclic) bond motifs is 2. The van der Waals surface area contributed by atoms with Gasteiger partial charge in [-0.1, -0.05) is 36.7 Å². The van der Waals surface area contributed by atoms with Gasteiger partial charge in [-0.05, 0) is 36.2 Å². The lowest BCUT2D eigenvalue weighted by atomic mass is 10.1. The third-order valence-electron chi connectivity index (χ3n) is 4.39. The van der Waals surface area contributed by atoms with Crippen LogP contribution in [0.2, 0.25) is 5.02 Å². The first kappa shape index (κ1) is 16.4. The van der Waals surface area contributed by atoms with Crippen molar-refractivity contribution in [3.05, 3.63) is 73.6 Å². The lowest BCUT2D eigenvalue weighted by Gasteiger charge is -2.11. The van der Waals surface area contributed by atoms with Crippen molar-refractivity contribution in [2.45, 2.75) is 13.3 Å². The van der Waals surface area contributed by atoms with Crippen LogP contribution < -0.4 is 11.0 Å². The number of H-pyrrole nitrogens is 1. The maximum absolute atomic E-state index is 13.0. The standard InChI is InChI=1S/C19H14ClN3O3/c1-2-10-5-3-4-6-14(10)23-19(26)16-15(18(25)22-23)17(24)12-8-7-11(20)9-13(12)21-16/h3-9H,2H2,1H3,(H,21,24)(H,22,25). The van der Waals surface area contributed by atoms with E-state index >= 15 is 0 Å². The molecular weight excluding hydrogens is 354 g/mol. The number of benzene rings is 2. The summed E-state index contributed by atoms with van der Waals surface area (Å²) in [4.78, 5) is 28.7. The van der Waals surface area contributed by atoms with Gasteiger partial charge in [0.1, 0.15) is 10.9 Å². The quantitative estimate of drug-likeness (QED) is 0.533. The zero-order chi connectivity index (χ0) is 18.4. The number of pyridine rings is 1. The Balaban J connectivity index is 2.17. The second-order valence-corrected chi connectivity index (χ2v) is 6.35. The van der Waals surface area contributed by atoms with Crippen molar-refractivity contribution in [1.82, 2.24) is 14.8 Å². The molecule has 2 N–H and O–H groups in total. The first-order chi connectivity index (χ1) is 12.5. The lowest BCUT2D eigenvalue weighted by Crippen LogP contribution is -2.25. The molecule has 6 nitrogen and oxygen atoms in total. The Morgan fingerprint density at radius 3 is 2.73 bits per heavy atom. The van der Waals surface area contributed by atoms with Crippen LogP contribution >= 0.6 is 11.6 Å². The van der Waals surface area contributed by atoms with Crippen molar-refractivity contribution in [3.63, 3.8) is 0 Å². The number of nitrogens with zero attached hydrogens (tertiary/aromatic N) is 2. The fourth-order valence-corrected chi connectivity index (χ4v) is 3.28. The average Bonchev–Trinajstić information content (AvgIpc) is 2.64. The van der Waals surface area contributed by atoms with Crippen molar-refractivity contribution in [3.8, 4) is 11.6 Å². The van der Waals surface area contributed by atoms with Gasteiger partial charge in [-0.3, -0.25) is 9.59 Å². The van der Waals surface area contributed by atoms with Crippen LogP contribution in [0.1, 0.15) is 12.5 Å². The molecule has 2 aromatic carbocycles. The molecule has 4 rings (SSSR count). The van der Waals surface area contributed by atoms with Crippen molar-refractivity contribution in [2.24, 2.45) is 0 Å². The Labute approximate surface area is 152 Å². The van der Waals surface area contributed by atoms with E-state index in [9.17, 15) is 14.7 Å². The van der Waals surface area contributed by atoms with E-state index in [0.29, 0.717) is 28.0 Å². The molecule has 0 aliphatic rings. The van der Waals surface area contributed by atoms with Gasteiger partial charge in [0.05, 0.1) is 11.2 Å². The van der Waals surface area contributed by atoms with E-state index in [0.717, 1.165) is 10.2 Å². The van der Waals surface area contributed by atoms with E-state index in [2.05, 4.69) is 10.1 Å². The zero-order valence-corrected chi connectivity index (χ0v) is 14.5. The van der Waals surface area contributed by atoms with E-state index in [-0.39, 0.29) is 10.9 Å². The highest BCUT2D eigenvalue weighted by molar-refractivity contribution is 6.31. The summed E-state index contributed by atoms with van der Waals surface area (Å²) in [5.74, 6) is -0.497. The SMILES string of the molecule is CCc1ccccc1-n1nc(O)c2c(=O)c3ccc(Cl)cc3[nH]c2c1=O. The zero-order valence-electron chi connectivity index (χ0n) is 13.8. The highest BCUT2D eigenvalue weighted by Crippen LogP contribution is 2.22. The predicted molar refractivity (Wildman–Crippen MR) is 102 cm³/mol. The third kappa shape index (κ3) is 2.38. The second kappa shape index (κ2) is 6.00. The van der Waals surface area contributed by atoms with Crippen LogP contribution in [0.25, 0.3) is 27.5 Å². The topological polar surface area (TPSA) is 88.0 Å². The van der Waals surface area contributed by atoms with Gasteiger partial charge in [0.2, 0.25) is 11.3 Å². The molecular formula is C19H14ClN3O3. The minimum Gasteiger partial charge on any atom is -0.492 e. The highest BCUT2D eigenvalue weighted by atomic mass is 35.5. The Morgan fingerprint density at radius 1 is 1.19 bits per heavy atom. The van der Waals surface area contributed by atoms with Gasteiger partial charge in [0.15, 0.2) is 0 Å². The fourth-order valence-electron chi connectivity index (χ4n) is 3.11. The van der Waals surface area contributed by atoms with Gasteiger partial charge in [0.25, 0.3) is 5.56 Å². The number of aromatic amines is 1. The smallest absolute Gasteiger partial charge is 0.296 e. The summed E-state index contributed by atoms with van der Waals surface area (Å²) in [6.45, 7) is 1.96. The number of nitrogens with one attached hydrogen (secondary N) is 1. The van der Waals surface area contributed by atoms with Crippen LogP contribution in [-0.2, 0) is 6.42 Å². The van der Waals surface area contributed by atoms with Crippen LogP contribution in [0.3, 0.4) is 0 Å². The van der Waals surface area contributed by atoms with Gasteiger partial charge in [-0.2, -0.15) is 4.68 Å². The number of hydrogen-bond donors (Lipinski definition) is 2. The Kier molecular flexibility index (Phi) is 3.77. The largest absolute Gasteiger partial charge is 0.492 e. The minimum absolute atomic E-state index is 0.0110. The van der Waals surface area contributed by atoms with Gasteiger partial charge >= 0.3 is 0 Å². The van der Waals surface area contributed by atoms with Crippen molar-refractivity contribution in [2.75, 3.05) is 0 Å². The monoisotopic (exact) mass is 367 g/mol. The first-order valence-electron chi connectivity index (χ1n) is 8.07. The van der Waals surface area contributed by atoms with Crippen molar-refractivity contribution < 1.29 is 5.11 Å². The maximum atomic E-state index is 13.0. The molecule has 0 bridgehead atoms. The van der Waals surface area contributed by atoms with Gasteiger partial charge in [-0.25, -0.2) is 0 Å². The van der Waals surface area contributed by atoms with Crippen LogP contribution in [0.5, 0.6) is 5.88 Å². The summed E-state index contributed by atoms with van der Waals surface area (Å²) in [7, 11) is 0. The molecule has 4 aromatic rings. The lowest BCUT2D eigenvalue weighted by molar-refractivity contribution is 0.443. The number of halogens is 1. The minimum atomic E-state index is -0.516. The van der Waals surface area contributed by atoms with E-state index in [1.807, 2.05) is 19.1 Å². The number of aromatic nitrogens is 3. The molecule has 0 aliphatic carbocycles. The summed E-state index contributed by atoms with van der Waals surface area (Å²) < 4.78 is 1.11. The van der Waals surface area contributed by atoms with Crippen LogP contribution in [0.4, 0.5) is 0 Å². The fraction of sp³-hybridized carbons (Fsp3) is 0.105. The molecule has 130 valence electrons. The summed E-state index contributed by atoms with van der Waals surface area (Å²) in [6.07, 6.45) is 0.687. The van der Waals surface area contributed by atoms with Crippen LogP contribution in [-0.4, -0.2) is 19.9 Å². The second-order valence-electron chi connectivity index (χ2n) is 5.92. The van der Waals surface area contributed by atoms with E-state index in [1.54, 1.807) is 30.3 Å². The molecule has 2 heterocycles. The maximum Gasteiger partial charge on any atom is 0.296 e. The molecule has 26 heavy (non-hydrogen) atoms. The molecule has 0 amide bonds. The van der Waals surface area contributed by atoms with E-state index < -0.39 is 16.9 Å². The van der Waals surface area contributed by atoms with Crippen LogP contribution in [0, 0.1) is 0 Å². The molecule has 0 unspecified atom stereocenters. The highest BCUT2D eigenvalue weighted by Gasteiger charge is 2.18. The molecule has 0 atom stereocenters.